The van der Waals surface area contributed by atoms with Crippen LogP contribution in [0.5, 0.6) is 5.75 Å². The number of halogens is 3. The average Bonchev–Trinajstić information content (AvgIpc) is 2.49. The third kappa shape index (κ3) is 4.28. The van der Waals surface area contributed by atoms with E-state index in [1.54, 1.807) is 6.07 Å². The molecule has 0 heterocycles. The summed E-state index contributed by atoms with van der Waals surface area (Å²) < 4.78 is 44.1. The van der Waals surface area contributed by atoms with Crippen LogP contribution in [0.3, 0.4) is 0 Å². The molecule has 0 atom stereocenters. The molecule has 1 N–H and O–H groups in total. The fraction of sp³-hybridized carbons (Fsp3) is 0.278. The van der Waals surface area contributed by atoms with Crippen molar-refractivity contribution >= 4 is 11.6 Å². The van der Waals surface area contributed by atoms with Gasteiger partial charge in [0.2, 0.25) is 0 Å². The Kier molecular flexibility index (Phi) is 5.17. The number of carbonyl (C=O) groups is 1. The highest BCUT2D eigenvalue weighted by atomic mass is 19.4. The molecule has 0 radical (unpaired) electrons. The molecule has 128 valence electrons. The molecule has 2 aromatic rings. The molecule has 0 aliphatic rings. The number of benzene rings is 2. The number of rotatable bonds is 4. The van der Waals surface area contributed by atoms with E-state index in [0.717, 1.165) is 17.2 Å². The fourth-order valence-electron chi connectivity index (χ4n) is 2.23. The molecule has 3 nitrogen and oxygen atoms in total. The molecule has 6 heteroatoms. The highest BCUT2D eigenvalue weighted by Gasteiger charge is 2.32. The van der Waals surface area contributed by atoms with Gasteiger partial charge in [0.1, 0.15) is 5.75 Å². The van der Waals surface area contributed by atoms with Crippen molar-refractivity contribution in [2.24, 2.45) is 0 Å². The van der Waals surface area contributed by atoms with E-state index in [9.17, 15) is 18.0 Å². The zero-order valence-electron chi connectivity index (χ0n) is 13.6. The first-order valence-corrected chi connectivity index (χ1v) is 7.35. The normalized spacial score (nSPS) is 11.2. The summed E-state index contributed by atoms with van der Waals surface area (Å²) in [6.45, 7) is 4.89. The summed E-state index contributed by atoms with van der Waals surface area (Å²) in [7, 11) is 0. The molecule has 24 heavy (non-hydrogen) atoms. The molecule has 0 saturated heterocycles. The van der Waals surface area contributed by atoms with Crippen molar-refractivity contribution in [3.8, 4) is 5.75 Å². The first-order valence-electron chi connectivity index (χ1n) is 7.35. The van der Waals surface area contributed by atoms with Gasteiger partial charge in [-0.05, 0) is 55.7 Å². The van der Waals surface area contributed by atoms with E-state index in [4.69, 9.17) is 4.74 Å². The second-order valence-electron chi connectivity index (χ2n) is 5.56. The van der Waals surface area contributed by atoms with Gasteiger partial charge >= 0.3 is 6.18 Å². The molecule has 0 aliphatic heterocycles. The van der Waals surface area contributed by atoms with Gasteiger partial charge in [0, 0.05) is 5.69 Å². The summed E-state index contributed by atoms with van der Waals surface area (Å²) in [5.74, 6) is 0.0536. The molecule has 0 aromatic heterocycles. The lowest BCUT2D eigenvalue weighted by Gasteiger charge is -2.14. The smallest absolute Gasteiger partial charge is 0.416 e. The second-order valence-corrected chi connectivity index (χ2v) is 5.56. The molecule has 0 bridgehead atoms. The third-order valence-electron chi connectivity index (χ3n) is 3.74. The van der Waals surface area contributed by atoms with Crippen LogP contribution >= 0.6 is 0 Å². The van der Waals surface area contributed by atoms with E-state index >= 15 is 0 Å². The molecule has 0 saturated carbocycles. The number of nitrogens with one attached hydrogen (secondary N) is 1. The number of alkyl halides is 3. The van der Waals surface area contributed by atoms with Crippen LogP contribution in [-0.2, 0) is 11.0 Å². The largest absolute Gasteiger partial charge is 0.483 e. The summed E-state index contributed by atoms with van der Waals surface area (Å²) in [5, 5.41) is 2.42. The van der Waals surface area contributed by atoms with Crippen LogP contribution in [0.4, 0.5) is 18.9 Å². The predicted molar refractivity (Wildman–Crippen MR) is 86.2 cm³/mol. The minimum absolute atomic E-state index is 0.0856. The van der Waals surface area contributed by atoms with Crippen LogP contribution in [0.2, 0.25) is 0 Å². The first kappa shape index (κ1) is 17.8. The number of amides is 1. The molecule has 0 aliphatic carbocycles. The lowest BCUT2D eigenvalue weighted by molar-refractivity contribution is -0.138. The molecule has 2 rings (SSSR count). The van der Waals surface area contributed by atoms with Gasteiger partial charge in [-0.25, -0.2) is 0 Å². The molecule has 0 unspecified atom stereocenters. The van der Waals surface area contributed by atoms with Crippen molar-refractivity contribution in [2.45, 2.75) is 26.9 Å². The SMILES string of the molecule is Cc1ccc(NC(=O)COc2cccc(C)c2C)cc1C(F)(F)F. The van der Waals surface area contributed by atoms with Crippen molar-refractivity contribution in [1.82, 2.24) is 0 Å². The zero-order chi connectivity index (χ0) is 17.9. The van der Waals surface area contributed by atoms with E-state index in [-0.39, 0.29) is 17.9 Å². The molecule has 0 fully saturated rings. The van der Waals surface area contributed by atoms with E-state index in [0.29, 0.717) is 5.75 Å². The van der Waals surface area contributed by atoms with E-state index < -0.39 is 17.6 Å². The van der Waals surface area contributed by atoms with Crippen LogP contribution in [0, 0.1) is 20.8 Å². The highest BCUT2D eigenvalue weighted by molar-refractivity contribution is 5.92. The van der Waals surface area contributed by atoms with Crippen LogP contribution in [0.1, 0.15) is 22.3 Å². The maximum Gasteiger partial charge on any atom is 0.416 e. The summed E-state index contributed by atoms with van der Waals surface area (Å²) in [5.41, 5.74) is 1.37. The Morgan fingerprint density at radius 2 is 1.79 bits per heavy atom. The van der Waals surface area contributed by atoms with Crippen molar-refractivity contribution in [3.63, 3.8) is 0 Å². The average molecular weight is 337 g/mol. The number of ether oxygens (including phenoxy) is 1. The third-order valence-corrected chi connectivity index (χ3v) is 3.74. The minimum Gasteiger partial charge on any atom is -0.483 e. The molecular formula is C18H18F3NO2. The first-order chi connectivity index (χ1) is 11.2. The van der Waals surface area contributed by atoms with Crippen LogP contribution < -0.4 is 10.1 Å². The summed E-state index contributed by atoms with van der Waals surface area (Å²) in [6, 6.07) is 9.15. The standard InChI is InChI=1S/C18H18F3NO2/c1-11-5-4-6-16(13(11)3)24-10-17(23)22-14-8-7-12(2)15(9-14)18(19,20)21/h4-9H,10H2,1-3H3,(H,22,23). The van der Waals surface area contributed by atoms with Crippen molar-refractivity contribution in [3.05, 3.63) is 58.7 Å². The van der Waals surface area contributed by atoms with Gasteiger partial charge in [-0.2, -0.15) is 13.2 Å². The summed E-state index contributed by atoms with van der Waals surface area (Å²) in [4.78, 5) is 11.9. The number of hydrogen-bond donors (Lipinski definition) is 1. The second kappa shape index (κ2) is 6.95. The number of anilines is 1. The van der Waals surface area contributed by atoms with Gasteiger partial charge in [-0.15, -0.1) is 0 Å². The zero-order valence-corrected chi connectivity index (χ0v) is 13.6. The highest BCUT2D eigenvalue weighted by Crippen LogP contribution is 2.33. The van der Waals surface area contributed by atoms with Gasteiger partial charge in [0.25, 0.3) is 5.91 Å². The minimum atomic E-state index is -4.46. The lowest BCUT2D eigenvalue weighted by atomic mass is 10.1. The molecule has 1 amide bonds. The van der Waals surface area contributed by atoms with Crippen LogP contribution in [-0.4, -0.2) is 12.5 Å². The number of aryl methyl sites for hydroxylation is 2. The fourth-order valence-corrected chi connectivity index (χ4v) is 2.23. The number of carbonyl (C=O) groups excluding carboxylic acids is 1. The van der Waals surface area contributed by atoms with Gasteiger partial charge < -0.3 is 10.1 Å². The number of hydrogen-bond acceptors (Lipinski definition) is 2. The van der Waals surface area contributed by atoms with Gasteiger partial charge in [0.15, 0.2) is 6.61 Å². The Hall–Kier alpha value is -2.50. The van der Waals surface area contributed by atoms with Crippen molar-refractivity contribution < 1.29 is 22.7 Å². The topological polar surface area (TPSA) is 38.3 Å². The Balaban J connectivity index is 2.04. The van der Waals surface area contributed by atoms with E-state index in [1.165, 1.54) is 19.1 Å². The summed E-state index contributed by atoms with van der Waals surface area (Å²) in [6.07, 6.45) is -4.46. The van der Waals surface area contributed by atoms with Crippen LogP contribution in [0.15, 0.2) is 36.4 Å². The predicted octanol–water partition coefficient (Wildman–Crippen LogP) is 4.65. The lowest BCUT2D eigenvalue weighted by Crippen LogP contribution is -2.21. The maximum absolute atomic E-state index is 12.9. The Morgan fingerprint density at radius 3 is 2.46 bits per heavy atom. The Labute approximate surface area is 138 Å². The molecular weight excluding hydrogens is 319 g/mol. The van der Waals surface area contributed by atoms with E-state index in [2.05, 4.69) is 5.32 Å². The van der Waals surface area contributed by atoms with E-state index in [1.807, 2.05) is 26.0 Å². The maximum atomic E-state index is 12.9. The molecule has 0 spiro atoms. The van der Waals surface area contributed by atoms with Gasteiger partial charge in [-0.3, -0.25) is 4.79 Å². The van der Waals surface area contributed by atoms with Crippen molar-refractivity contribution in [2.75, 3.05) is 11.9 Å². The quantitative estimate of drug-likeness (QED) is 0.882. The Bertz CT molecular complexity index is 754. The van der Waals surface area contributed by atoms with Crippen molar-refractivity contribution in [1.29, 1.82) is 0 Å². The van der Waals surface area contributed by atoms with Crippen LogP contribution in [0.25, 0.3) is 0 Å². The van der Waals surface area contributed by atoms with Gasteiger partial charge in [0.05, 0.1) is 5.56 Å². The molecule has 2 aromatic carbocycles. The van der Waals surface area contributed by atoms with Gasteiger partial charge in [-0.1, -0.05) is 18.2 Å². The summed E-state index contributed by atoms with van der Waals surface area (Å²) >= 11 is 0. The Morgan fingerprint density at radius 1 is 1.08 bits per heavy atom. The monoisotopic (exact) mass is 337 g/mol.